The maximum atomic E-state index is 13.8. The second-order valence-corrected chi connectivity index (χ2v) is 12.3. The number of amides is 2. The molecule has 0 spiro atoms. The molecule has 1 fully saturated rings. The summed E-state index contributed by atoms with van der Waals surface area (Å²) in [5, 5.41) is 12.5. The van der Waals surface area contributed by atoms with Gasteiger partial charge in [0, 0.05) is 68.4 Å². The van der Waals surface area contributed by atoms with Crippen LogP contribution in [-0.4, -0.2) is 77.4 Å². The number of ether oxygens (including phenoxy) is 1. The van der Waals surface area contributed by atoms with Gasteiger partial charge in [-0.2, -0.15) is 9.40 Å². The molecule has 2 aromatic carbocycles. The number of anilines is 2. The van der Waals surface area contributed by atoms with Gasteiger partial charge < -0.3 is 20.4 Å². The van der Waals surface area contributed by atoms with Crippen molar-refractivity contribution < 1.29 is 31.5 Å². The lowest BCUT2D eigenvalue weighted by Gasteiger charge is -2.36. The Bertz CT molecular complexity index is 1780. The lowest BCUT2D eigenvalue weighted by molar-refractivity contribution is 0.0389. The number of hydrogen-bond donors (Lipinski definition) is 4. The summed E-state index contributed by atoms with van der Waals surface area (Å²) in [5.74, 6) is -2.51. The van der Waals surface area contributed by atoms with Crippen LogP contribution in [0.2, 0.25) is 0 Å². The number of likely N-dealkylation sites (N-methyl/N-ethyl adjacent to an activating group) is 1. The molecule has 12 nitrogen and oxygen atoms in total. The van der Waals surface area contributed by atoms with Crippen molar-refractivity contribution in [2.45, 2.75) is 24.0 Å². The lowest BCUT2D eigenvalue weighted by atomic mass is 10.1. The molecule has 1 saturated heterocycles. The van der Waals surface area contributed by atoms with Crippen LogP contribution < -0.4 is 15.4 Å². The van der Waals surface area contributed by atoms with Gasteiger partial charge in [0.1, 0.15) is 23.5 Å². The van der Waals surface area contributed by atoms with E-state index in [0.29, 0.717) is 28.6 Å². The molecule has 43 heavy (non-hydrogen) atoms. The SMILES string of the molecule is CN1CC(Oc2ccc(C(=O)Nc3n[nH]c4c3CN(S(=O)(=O)c3cc(F)cc(F)c3)CC4)c(NC(=O)c3cc[nH]c3)c2)C1. The van der Waals surface area contributed by atoms with E-state index in [4.69, 9.17) is 4.74 Å². The van der Waals surface area contributed by atoms with Gasteiger partial charge in [-0.05, 0) is 37.4 Å². The van der Waals surface area contributed by atoms with Gasteiger partial charge in [0.2, 0.25) is 10.0 Å². The summed E-state index contributed by atoms with van der Waals surface area (Å²) in [5.41, 5.74) is 1.71. The zero-order valence-corrected chi connectivity index (χ0v) is 23.7. The minimum atomic E-state index is -4.25. The van der Waals surface area contributed by atoms with Crippen LogP contribution in [0.5, 0.6) is 5.75 Å². The first-order valence-corrected chi connectivity index (χ1v) is 14.8. The second-order valence-electron chi connectivity index (χ2n) is 10.4. The Balaban J connectivity index is 1.24. The van der Waals surface area contributed by atoms with Crippen LogP contribution in [-0.2, 0) is 23.0 Å². The summed E-state index contributed by atoms with van der Waals surface area (Å²) in [7, 11) is -2.28. The third-order valence-corrected chi connectivity index (χ3v) is 9.10. The van der Waals surface area contributed by atoms with Crippen molar-refractivity contribution in [3.05, 3.63) is 88.9 Å². The minimum Gasteiger partial charge on any atom is -0.488 e. The number of carbonyl (C=O) groups is 2. The summed E-state index contributed by atoms with van der Waals surface area (Å²) < 4.78 is 61.0. The number of fused-ring (bicyclic) bond motifs is 1. The summed E-state index contributed by atoms with van der Waals surface area (Å²) in [6.45, 7) is 1.34. The van der Waals surface area contributed by atoms with Gasteiger partial charge in [0.05, 0.1) is 21.7 Å². The molecule has 6 rings (SSSR count). The molecule has 0 atom stereocenters. The number of sulfonamides is 1. The molecule has 2 aliphatic rings. The van der Waals surface area contributed by atoms with E-state index in [9.17, 15) is 26.8 Å². The van der Waals surface area contributed by atoms with Crippen LogP contribution in [0, 0.1) is 11.6 Å². The summed E-state index contributed by atoms with van der Waals surface area (Å²) >= 11 is 0. The summed E-state index contributed by atoms with van der Waals surface area (Å²) in [6.07, 6.45) is 3.34. The fraction of sp³-hybridized carbons (Fsp3) is 0.250. The number of likely N-dealkylation sites (tertiary alicyclic amines) is 1. The number of hydrogen-bond acceptors (Lipinski definition) is 7. The minimum absolute atomic E-state index is 0.0171. The Labute approximate surface area is 245 Å². The summed E-state index contributed by atoms with van der Waals surface area (Å²) in [6, 6.07) is 8.42. The Morgan fingerprint density at radius 3 is 2.51 bits per heavy atom. The van der Waals surface area contributed by atoms with Gasteiger partial charge >= 0.3 is 0 Å². The number of nitrogens with one attached hydrogen (secondary N) is 4. The number of carbonyl (C=O) groups excluding carboxylic acids is 2. The average Bonchev–Trinajstić information content (AvgIpc) is 3.62. The van der Waals surface area contributed by atoms with E-state index < -0.39 is 38.4 Å². The molecule has 0 radical (unpaired) electrons. The second kappa shape index (κ2) is 11.2. The smallest absolute Gasteiger partial charge is 0.258 e. The van der Waals surface area contributed by atoms with Gasteiger partial charge in [-0.3, -0.25) is 19.6 Å². The largest absolute Gasteiger partial charge is 0.488 e. The highest BCUT2D eigenvalue weighted by Crippen LogP contribution is 2.31. The van der Waals surface area contributed by atoms with Crippen molar-refractivity contribution in [1.29, 1.82) is 0 Å². The van der Waals surface area contributed by atoms with Gasteiger partial charge in [0.15, 0.2) is 5.82 Å². The van der Waals surface area contributed by atoms with E-state index in [0.717, 1.165) is 29.5 Å². The van der Waals surface area contributed by atoms with Gasteiger partial charge in [-0.1, -0.05) is 0 Å². The monoisotopic (exact) mass is 611 g/mol. The number of halogens is 2. The lowest BCUT2D eigenvalue weighted by Crippen LogP contribution is -2.51. The highest BCUT2D eigenvalue weighted by molar-refractivity contribution is 7.89. The number of aromatic amines is 2. The summed E-state index contributed by atoms with van der Waals surface area (Å²) in [4.78, 5) is 30.8. The van der Waals surface area contributed by atoms with Crippen molar-refractivity contribution in [2.24, 2.45) is 0 Å². The molecular formula is C28H27F2N7O5S. The third kappa shape index (κ3) is 5.86. The normalized spacial score (nSPS) is 15.9. The predicted octanol–water partition coefficient (Wildman–Crippen LogP) is 2.96. The number of benzene rings is 2. The molecule has 4 heterocycles. The molecule has 4 aromatic rings. The standard InChI is InChI=1S/C28H27F2N7O5S/c1-36-13-20(14-36)42-19-2-3-22(25(11-19)32-27(38)16-4-6-31-12-16)28(39)33-26-23-15-37(7-5-24(23)34-35-26)43(40,41)21-9-17(29)8-18(30)10-21/h2-4,6,8-12,20,31H,5,7,13-15H2,1H3,(H,32,38)(H2,33,34,35,39). The first-order valence-electron chi connectivity index (χ1n) is 13.3. The van der Waals surface area contributed by atoms with Crippen molar-refractivity contribution >= 4 is 33.3 Å². The first kappa shape index (κ1) is 28.5. The molecule has 15 heteroatoms. The third-order valence-electron chi connectivity index (χ3n) is 7.28. The number of aromatic nitrogens is 3. The Kier molecular flexibility index (Phi) is 7.45. The van der Waals surface area contributed by atoms with Crippen molar-refractivity contribution in [2.75, 3.05) is 37.3 Å². The molecule has 4 N–H and O–H groups in total. The van der Waals surface area contributed by atoms with E-state index in [-0.39, 0.29) is 42.7 Å². The molecule has 2 amide bonds. The Hall–Kier alpha value is -4.60. The van der Waals surface area contributed by atoms with Crippen molar-refractivity contribution in [3.8, 4) is 5.75 Å². The van der Waals surface area contributed by atoms with Gasteiger partial charge in [0.25, 0.3) is 11.8 Å². The fourth-order valence-corrected chi connectivity index (χ4v) is 6.50. The number of nitrogens with zero attached hydrogens (tertiary/aromatic N) is 3. The molecule has 0 unspecified atom stereocenters. The zero-order chi connectivity index (χ0) is 30.3. The molecule has 0 saturated carbocycles. The van der Waals surface area contributed by atoms with E-state index in [2.05, 4.69) is 30.7 Å². The number of H-pyrrole nitrogens is 2. The van der Waals surface area contributed by atoms with E-state index in [1.54, 1.807) is 24.4 Å². The van der Waals surface area contributed by atoms with Crippen LogP contribution in [0.4, 0.5) is 20.3 Å². The van der Waals surface area contributed by atoms with Crippen LogP contribution in [0.15, 0.2) is 59.8 Å². The maximum absolute atomic E-state index is 13.8. The quantitative estimate of drug-likeness (QED) is 0.239. The zero-order valence-electron chi connectivity index (χ0n) is 22.9. The van der Waals surface area contributed by atoms with E-state index in [1.807, 2.05) is 7.05 Å². The Morgan fingerprint density at radius 2 is 1.81 bits per heavy atom. The molecule has 2 aromatic heterocycles. The van der Waals surface area contributed by atoms with Crippen LogP contribution in [0.1, 0.15) is 32.0 Å². The van der Waals surface area contributed by atoms with E-state index in [1.165, 1.54) is 12.3 Å². The van der Waals surface area contributed by atoms with Crippen molar-refractivity contribution in [3.63, 3.8) is 0 Å². The van der Waals surface area contributed by atoms with Crippen molar-refractivity contribution in [1.82, 2.24) is 24.4 Å². The molecule has 0 bridgehead atoms. The van der Waals surface area contributed by atoms with Crippen LogP contribution >= 0.6 is 0 Å². The molecule has 224 valence electrons. The number of rotatable bonds is 8. The van der Waals surface area contributed by atoms with Gasteiger partial charge in [-0.15, -0.1) is 0 Å². The molecule has 2 aliphatic heterocycles. The highest BCUT2D eigenvalue weighted by atomic mass is 32.2. The predicted molar refractivity (Wildman–Crippen MR) is 151 cm³/mol. The first-order chi connectivity index (χ1) is 20.6. The van der Waals surface area contributed by atoms with Crippen LogP contribution in [0.25, 0.3) is 0 Å². The molecule has 0 aliphatic carbocycles. The Morgan fingerprint density at radius 1 is 1.05 bits per heavy atom. The van der Waals surface area contributed by atoms with Gasteiger partial charge in [-0.25, -0.2) is 17.2 Å². The average molecular weight is 612 g/mol. The fourth-order valence-electron chi connectivity index (χ4n) is 5.05. The van der Waals surface area contributed by atoms with Crippen LogP contribution in [0.3, 0.4) is 0 Å². The molecular weight excluding hydrogens is 584 g/mol. The maximum Gasteiger partial charge on any atom is 0.258 e. The topological polar surface area (TPSA) is 153 Å². The van der Waals surface area contributed by atoms with E-state index >= 15 is 0 Å². The highest BCUT2D eigenvalue weighted by Gasteiger charge is 2.32.